The maximum atomic E-state index is 12.6. The lowest BCUT2D eigenvalue weighted by atomic mass is 9.92. The van der Waals surface area contributed by atoms with Crippen LogP contribution in [0, 0.1) is 6.92 Å². The molecule has 0 saturated carbocycles. The molecule has 5 heteroatoms. The molecule has 0 spiro atoms. The smallest absolute Gasteiger partial charge is 0.221 e. The predicted molar refractivity (Wildman–Crippen MR) is 107 cm³/mol. The van der Waals surface area contributed by atoms with Gasteiger partial charge in [0.2, 0.25) is 5.91 Å². The van der Waals surface area contributed by atoms with Crippen LogP contribution in [0.15, 0.2) is 48.8 Å². The summed E-state index contributed by atoms with van der Waals surface area (Å²) in [5.74, 6) is 0.742. The van der Waals surface area contributed by atoms with E-state index in [-0.39, 0.29) is 11.8 Å². The zero-order valence-electron chi connectivity index (χ0n) is 16.2. The lowest BCUT2D eigenvalue weighted by Crippen LogP contribution is -2.26. The molecule has 0 aliphatic rings. The summed E-state index contributed by atoms with van der Waals surface area (Å²) in [5.41, 5.74) is 4.10. The Kier molecular flexibility index (Phi) is 6.12. The Morgan fingerprint density at radius 3 is 2.93 bits per heavy atom. The number of imidazole rings is 1. The van der Waals surface area contributed by atoms with E-state index in [0.29, 0.717) is 13.0 Å². The van der Waals surface area contributed by atoms with Crippen molar-refractivity contribution < 1.29 is 9.53 Å². The number of hydrogen-bond donors (Lipinski definition) is 1. The molecular formula is C22H27N3O2. The Bertz CT molecular complexity index is 917. The molecule has 0 bridgehead atoms. The number of unbranched alkanes of at least 4 members (excludes halogenated alkanes) is 1. The average molecular weight is 365 g/mol. The van der Waals surface area contributed by atoms with Gasteiger partial charge in [-0.25, -0.2) is 4.98 Å². The monoisotopic (exact) mass is 365 g/mol. The lowest BCUT2D eigenvalue weighted by Gasteiger charge is -2.18. The highest BCUT2D eigenvalue weighted by atomic mass is 16.5. The van der Waals surface area contributed by atoms with Crippen molar-refractivity contribution in [3.63, 3.8) is 0 Å². The van der Waals surface area contributed by atoms with Gasteiger partial charge >= 0.3 is 0 Å². The maximum Gasteiger partial charge on any atom is 0.221 e. The molecule has 3 rings (SSSR count). The number of rotatable bonds is 8. The van der Waals surface area contributed by atoms with E-state index in [1.807, 2.05) is 42.7 Å². The summed E-state index contributed by atoms with van der Waals surface area (Å²) in [7, 11) is 1.66. The summed E-state index contributed by atoms with van der Waals surface area (Å²) in [6.45, 7) is 4.88. The number of methoxy groups -OCH3 is 1. The van der Waals surface area contributed by atoms with Gasteiger partial charge in [0, 0.05) is 31.3 Å². The van der Waals surface area contributed by atoms with E-state index < -0.39 is 0 Å². The summed E-state index contributed by atoms with van der Waals surface area (Å²) in [6, 6.07) is 12.0. The number of carbonyl (C=O) groups excluding carboxylic acids is 1. The number of amides is 1. The highest BCUT2D eigenvalue weighted by Crippen LogP contribution is 2.31. The average Bonchev–Trinajstić information content (AvgIpc) is 3.09. The molecule has 1 N–H and O–H groups in total. The largest absolute Gasteiger partial charge is 0.497 e. The Morgan fingerprint density at radius 2 is 2.15 bits per heavy atom. The highest BCUT2D eigenvalue weighted by molar-refractivity contribution is 5.77. The van der Waals surface area contributed by atoms with Crippen LogP contribution in [0.1, 0.15) is 48.9 Å². The van der Waals surface area contributed by atoms with E-state index in [2.05, 4.69) is 34.6 Å². The minimum Gasteiger partial charge on any atom is -0.497 e. The third-order valence-corrected chi connectivity index (χ3v) is 4.79. The van der Waals surface area contributed by atoms with Gasteiger partial charge in [0.05, 0.1) is 12.8 Å². The van der Waals surface area contributed by atoms with Gasteiger partial charge in [0.15, 0.2) is 0 Å². The lowest BCUT2D eigenvalue weighted by molar-refractivity contribution is -0.121. The van der Waals surface area contributed by atoms with Crippen LogP contribution < -0.4 is 10.1 Å². The summed E-state index contributed by atoms with van der Waals surface area (Å²) < 4.78 is 7.45. The molecule has 27 heavy (non-hydrogen) atoms. The van der Waals surface area contributed by atoms with Crippen molar-refractivity contribution in [2.24, 2.45) is 0 Å². The Hall–Kier alpha value is -2.82. The van der Waals surface area contributed by atoms with Crippen LogP contribution in [0.5, 0.6) is 5.75 Å². The molecule has 2 heterocycles. The van der Waals surface area contributed by atoms with Crippen molar-refractivity contribution in [2.45, 2.75) is 39.0 Å². The molecule has 142 valence electrons. The number of aryl methyl sites for hydroxylation is 1. The summed E-state index contributed by atoms with van der Waals surface area (Å²) in [6.07, 6.45) is 6.32. The van der Waals surface area contributed by atoms with Crippen molar-refractivity contribution in [1.82, 2.24) is 14.7 Å². The first-order valence-corrected chi connectivity index (χ1v) is 9.46. The van der Waals surface area contributed by atoms with Gasteiger partial charge in [-0.3, -0.25) is 4.79 Å². The van der Waals surface area contributed by atoms with Crippen molar-refractivity contribution in [2.75, 3.05) is 13.7 Å². The molecule has 1 aromatic carbocycles. The molecule has 0 unspecified atom stereocenters. The second kappa shape index (κ2) is 8.71. The molecule has 0 aliphatic heterocycles. The molecule has 1 atom stereocenters. The van der Waals surface area contributed by atoms with Crippen LogP contribution in [-0.2, 0) is 4.79 Å². The minimum absolute atomic E-state index is 0.0540. The number of pyridine rings is 1. The van der Waals surface area contributed by atoms with E-state index in [1.165, 1.54) is 0 Å². The molecule has 0 radical (unpaired) electrons. The van der Waals surface area contributed by atoms with Crippen LogP contribution in [0.2, 0.25) is 0 Å². The van der Waals surface area contributed by atoms with Gasteiger partial charge in [-0.15, -0.1) is 0 Å². The highest BCUT2D eigenvalue weighted by Gasteiger charge is 2.22. The van der Waals surface area contributed by atoms with Crippen LogP contribution in [0.3, 0.4) is 0 Å². The third kappa shape index (κ3) is 4.48. The molecule has 5 nitrogen and oxygen atoms in total. The van der Waals surface area contributed by atoms with E-state index in [0.717, 1.165) is 41.1 Å². The van der Waals surface area contributed by atoms with Crippen molar-refractivity contribution >= 4 is 11.6 Å². The third-order valence-electron chi connectivity index (χ3n) is 4.79. The van der Waals surface area contributed by atoms with Crippen molar-refractivity contribution in [1.29, 1.82) is 0 Å². The number of fused-ring (bicyclic) bond motifs is 1. The molecule has 1 amide bonds. The Labute approximate surface area is 160 Å². The van der Waals surface area contributed by atoms with Crippen LogP contribution in [0.25, 0.3) is 5.65 Å². The van der Waals surface area contributed by atoms with Gasteiger partial charge in [0.25, 0.3) is 0 Å². The number of hydrogen-bond acceptors (Lipinski definition) is 3. The standard InChI is InChI=1S/C22H27N3O2/c1-4-5-10-23-22(26)14-19(17-7-6-8-18(13-17)27-3)20-15-24-21-12-16(2)9-11-25(20)21/h6-9,11-13,15,19H,4-5,10,14H2,1-3H3,(H,23,26)/t19-/m0/s1. The first kappa shape index (κ1) is 19.0. The Balaban J connectivity index is 1.96. The van der Waals surface area contributed by atoms with E-state index in [4.69, 9.17) is 4.74 Å². The first-order chi connectivity index (χ1) is 13.1. The zero-order valence-corrected chi connectivity index (χ0v) is 16.2. The minimum atomic E-state index is -0.0977. The molecule has 0 saturated heterocycles. The van der Waals surface area contributed by atoms with Gasteiger partial charge in [-0.1, -0.05) is 25.5 Å². The van der Waals surface area contributed by atoms with Gasteiger partial charge in [-0.2, -0.15) is 0 Å². The fourth-order valence-electron chi connectivity index (χ4n) is 3.27. The second-order valence-corrected chi connectivity index (χ2v) is 6.85. The summed E-state index contributed by atoms with van der Waals surface area (Å²) in [5, 5.41) is 3.03. The number of carbonyl (C=O) groups is 1. The van der Waals surface area contributed by atoms with Crippen LogP contribution in [-0.4, -0.2) is 28.9 Å². The van der Waals surface area contributed by atoms with Crippen molar-refractivity contribution in [3.05, 3.63) is 65.6 Å². The van der Waals surface area contributed by atoms with Crippen LogP contribution >= 0.6 is 0 Å². The molecule has 0 aliphatic carbocycles. The quantitative estimate of drug-likeness (QED) is 0.612. The number of benzene rings is 1. The predicted octanol–water partition coefficient (Wildman–Crippen LogP) is 4.09. The van der Waals surface area contributed by atoms with E-state index >= 15 is 0 Å². The van der Waals surface area contributed by atoms with E-state index in [1.54, 1.807) is 7.11 Å². The fraction of sp³-hybridized carbons (Fsp3) is 0.364. The number of nitrogens with zero attached hydrogens (tertiary/aromatic N) is 2. The molecule has 2 aromatic heterocycles. The Morgan fingerprint density at radius 1 is 1.30 bits per heavy atom. The molecule has 3 aromatic rings. The van der Waals surface area contributed by atoms with Gasteiger partial charge in [0.1, 0.15) is 11.4 Å². The van der Waals surface area contributed by atoms with Gasteiger partial charge in [-0.05, 0) is 48.7 Å². The SMILES string of the molecule is CCCCNC(=O)C[C@@H](c1cccc(OC)c1)c1cnc2cc(C)ccn12. The number of ether oxygens (including phenoxy) is 1. The summed E-state index contributed by atoms with van der Waals surface area (Å²) in [4.78, 5) is 17.1. The molecule has 0 fully saturated rings. The normalized spacial score (nSPS) is 12.1. The first-order valence-electron chi connectivity index (χ1n) is 9.46. The second-order valence-electron chi connectivity index (χ2n) is 6.85. The van der Waals surface area contributed by atoms with E-state index in [9.17, 15) is 4.79 Å². The topological polar surface area (TPSA) is 55.6 Å². The summed E-state index contributed by atoms with van der Waals surface area (Å²) >= 11 is 0. The maximum absolute atomic E-state index is 12.6. The number of nitrogens with one attached hydrogen (secondary N) is 1. The van der Waals surface area contributed by atoms with Gasteiger partial charge < -0.3 is 14.5 Å². The van der Waals surface area contributed by atoms with Crippen LogP contribution in [0.4, 0.5) is 0 Å². The van der Waals surface area contributed by atoms with Crippen molar-refractivity contribution in [3.8, 4) is 5.75 Å². The number of aromatic nitrogens is 2. The fourth-order valence-corrected chi connectivity index (χ4v) is 3.27. The zero-order chi connectivity index (χ0) is 19.2. The molecular weight excluding hydrogens is 338 g/mol.